The van der Waals surface area contributed by atoms with E-state index in [1.807, 2.05) is 11.0 Å². The van der Waals surface area contributed by atoms with E-state index < -0.39 is 10.0 Å². The zero-order valence-electron chi connectivity index (χ0n) is 17.2. The number of ether oxygens (including phenoxy) is 1. The molecule has 1 fully saturated rings. The molecule has 0 saturated carbocycles. The zero-order chi connectivity index (χ0) is 21.6. The van der Waals surface area contributed by atoms with Crippen molar-refractivity contribution in [3.05, 3.63) is 72.8 Å². The van der Waals surface area contributed by atoms with Gasteiger partial charge in [0.2, 0.25) is 0 Å². The van der Waals surface area contributed by atoms with Crippen molar-refractivity contribution in [3.63, 3.8) is 0 Å². The third-order valence-electron chi connectivity index (χ3n) is 5.37. The number of nitrogens with zero attached hydrogens (tertiary/aromatic N) is 2. The first-order valence-corrected chi connectivity index (χ1v) is 11.5. The van der Waals surface area contributed by atoms with Gasteiger partial charge in [-0.1, -0.05) is 24.3 Å². The molecule has 30 heavy (non-hydrogen) atoms. The fourth-order valence-corrected chi connectivity index (χ4v) is 4.70. The molecule has 7 heteroatoms. The molecule has 160 valence electrons. The van der Waals surface area contributed by atoms with Gasteiger partial charge < -0.3 is 9.64 Å². The SMILES string of the molecule is C=CCOCC1CCN(C(=O)c2ccc(S(=O)(=O)N(C)c3ccccc3)cc2)CC1. The second kappa shape index (κ2) is 9.91. The molecule has 1 heterocycles. The van der Waals surface area contributed by atoms with E-state index in [4.69, 9.17) is 4.74 Å². The monoisotopic (exact) mass is 428 g/mol. The van der Waals surface area contributed by atoms with Crippen LogP contribution in [0.15, 0.2) is 72.1 Å². The Morgan fingerprint density at radius 1 is 1.13 bits per heavy atom. The number of hydrogen-bond acceptors (Lipinski definition) is 4. The number of carbonyl (C=O) groups excluding carboxylic acids is 1. The van der Waals surface area contributed by atoms with E-state index >= 15 is 0 Å². The first kappa shape index (κ1) is 22.1. The summed E-state index contributed by atoms with van der Waals surface area (Å²) in [4.78, 5) is 14.8. The maximum Gasteiger partial charge on any atom is 0.264 e. The minimum absolute atomic E-state index is 0.0687. The zero-order valence-corrected chi connectivity index (χ0v) is 18.1. The fraction of sp³-hybridized carbons (Fsp3) is 0.348. The average molecular weight is 429 g/mol. The molecule has 0 radical (unpaired) electrons. The van der Waals surface area contributed by atoms with Crippen molar-refractivity contribution in [1.29, 1.82) is 0 Å². The highest BCUT2D eigenvalue weighted by molar-refractivity contribution is 7.92. The Morgan fingerprint density at radius 2 is 1.77 bits per heavy atom. The van der Waals surface area contributed by atoms with Crippen molar-refractivity contribution < 1.29 is 17.9 Å². The van der Waals surface area contributed by atoms with Crippen molar-refractivity contribution in [2.45, 2.75) is 17.7 Å². The Hall–Kier alpha value is -2.64. The van der Waals surface area contributed by atoms with Crippen LogP contribution in [-0.4, -0.2) is 52.6 Å². The molecule has 3 rings (SSSR count). The number of sulfonamides is 1. The number of likely N-dealkylation sites (tertiary alicyclic amines) is 1. The normalized spacial score (nSPS) is 15.0. The van der Waals surface area contributed by atoms with E-state index in [1.54, 1.807) is 42.5 Å². The molecule has 0 aromatic heterocycles. The van der Waals surface area contributed by atoms with Crippen molar-refractivity contribution in [1.82, 2.24) is 4.90 Å². The largest absolute Gasteiger partial charge is 0.377 e. The Labute approximate surface area is 178 Å². The van der Waals surface area contributed by atoms with Crippen LogP contribution in [0.25, 0.3) is 0 Å². The molecular weight excluding hydrogens is 400 g/mol. The number of benzene rings is 2. The summed E-state index contributed by atoms with van der Waals surface area (Å²) >= 11 is 0. The third kappa shape index (κ3) is 5.09. The van der Waals surface area contributed by atoms with Crippen LogP contribution in [0.4, 0.5) is 5.69 Å². The smallest absolute Gasteiger partial charge is 0.264 e. The molecular formula is C23H28N2O4S. The number of rotatable bonds is 8. The number of amides is 1. The van der Waals surface area contributed by atoms with Gasteiger partial charge >= 0.3 is 0 Å². The van der Waals surface area contributed by atoms with E-state index in [2.05, 4.69) is 6.58 Å². The molecule has 2 aromatic rings. The summed E-state index contributed by atoms with van der Waals surface area (Å²) in [7, 11) is -2.17. The van der Waals surface area contributed by atoms with E-state index in [1.165, 1.54) is 23.5 Å². The van der Waals surface area contributed by atoms with Crippen LogP contribution < -0.4 is 4.31 Å². The highest BCUT2D eigenvalue weighted by Gasteiger charge is 2.25. The lowest BCUT2D eigenvalue weighted by atomic mass is 9.97. The van der Waals surface area contributed by atoms with Gasteiger partial charge in [0.15, 0.2) is 0 Å². The van der Waals surface area contributed by atoms with Gasteiger partial charge in [-0.2, -0.15) is 0 Å². The molecule has 2 aromatic carbocycles. The molecule has 0 N–H and O–H groups in total. The summed E-state index contributed by atoms with van der Waals surface area (Å²) in [5, 5.41) is 0. The molecule has 1 aliphatic rings. The molecule has 1 saturated heterocycles. The number of anilines is 1. The second-order valence-corrected chi connectivity index (χ2v) is 9.36. The van der Waals surface area contributed by atoms with Gasteiger partial charge in [-0.05, 0) is 55.2 Å². The van der Waals surface area contributed by atoms with Crippen LogP contribution in [0.2, 0.25) is 0 Å². The van der Waals surface area contributed by atoms with Gasteiger partial charge in [-0.15, -0.1) is 6.58 Å². The van der Waals surface area contributed by atoms with Crippen LogP contribution >= 0.6 is 0 Å². The summed E-state index contributed by atoms with van der Waals surface area (Å²) in [5.41, 5.74) is 1.08. The first-order chi connectivity index (χ1) is 14.4. The molecule has 0 atom stereocenters. The summed E-state index contributed by atoms with van der Waals surface area (Å²) in [6.07, 6.45) is 3.54. The van der Waals surface area contributed by atoms with Crippen molar-refractivity contribution >= 4 is 21.6 Å². The van der Waals surface area contributed by atoms with Gasteiger partial charge in [0, 0.05) is 32.3 Å². The lowest BCUT2D eigenvalue weighted by Gasteiger charge is -2.32. The minimum Gasteiger partial charge on any atom is -0.377 e. The first-order valence-electron chi connectivity index (χ1n) is 10.1. The van der Waals surface area contributed by atoms with E-state index in [9.17, 15) is 13.2 Å². The van der Waals surface area contributed by atoms with Gasteiger partial charge in [0.05, 0.1) is 17.2 Å². The van der Waals surface area contributed by atoms with Gasteiger partial charge in [-0.3, -0.25) is 9.10 Å². The summed E-state index contributed by atoms with van der Waals surface area (Å²) in [5.74, 6) is 0.385. The molecule has 6 nitrogen and oxygen atoms in total. The minimum atomic E-state index is -3.69. The van der Waals surface area contributed by atoms with Crippen LogP contribution in [0.1, 0.15) is 23.2 Å². The molecule has 1 aliphatic heterocycles. The van der Waals surface area contributed by atoms with Crippen LogP contribution in [-0.2, 0) is 14.8 Å². The topological polar surface area (TPSA) is 66.9 Å². The highest BCUT2D eigenvalue weighted by atomic mass is 32.2. The maximum atomic E-state index is 12.9. The average Bonchev–Trinajstić information content (AvgIpc) is 2.79. The van der Waals surface area contributed by atoms with Crippen molar-refractivity contribution in [2.24, 2.45) is 5.92 Å². The second-order valence-electron chi connectivity index (χ2n) is 7.39. The Bertz CT molecular complexity index is 950. The predicted octanol–water partition coefficient (Wildman–Crippen LogP) is 3.57. The summed E-state index contributed by atoms with van der Waals surface area (Å²) in [6, 6.07) is 15.1. The number of carbonyl (C=O) groups is 1. The molecule has 0 aliphatic carbocycles. The number of piperidine rings is 1. The number of para-hydroxylation sites is 1. The maximum absolute atomic E-state index is 12.9. The van der Waals surface area contributed by atoms with Crippen molar-refractivity contribution in [2.75, 3.05) is 37.7 Å². The predicted molar refractivity (Wildman–Crippen MR) is 118 cm³/mol. The quantitative estimate of drug-likeness (QED) is 0.476. The van der Waals surface area contributed by atoms with Gasteiger partial charge in [0.25, 0.3) is 15.9 Å². The van der Waals surface area contributed by atoms with Crippen LogP contribution in [0.5, 0.6) is 0 Å². The highest BCUT2D eigenvalue weighted by Crippen LogP contribution is 2.23. The van der Waals surface area contributed by atoms with Crippen LogP contribution in [0.3, 0.4) is 0 Å². The van der Waals surface area contributed by atoms with E-state index in [0.29, 0.717) is 43.5 Å². The standard InChI is InChI=1S/C23H28N2O4S/c1-3-17-29-18-19-13-15-25(16-14-19)23(26)20-9-11-22(12-10-20)30(27,28)24(2)21-7-5-4-6-8-21/h3-12,19H,1,13-18H2,2H3. The lowest BCUT2D eigenvalue weighted by molar-refractivity contribution is 0.0575. The molecule has 1 amide bonds. The number of hydrogen-bond donors (Lipinski definition) is 0. The van der Waals surface area contributed by atoms with E-state index in [-0.39, 0.29) is 10.8 Å². The third-order valence-corrected chi connectivity index (χ3v) is 7.17. The summed E-state index contributed by atoms with van der Waals surface area (Å²) in [6.45, 7) is 6.24. The lowest BCUT2D eigenvalue weighted by Crippen LogP contribution is -2.39. The summed E-state index contributed by atoms with van der Waals surface area (Å²) < 4.78 is 32.5. The van der Waals surface area contributed by atoms with Gasteiger partial charge in [-0.25, -0.2) is 8.42 Å². The molecule has 0 spiro atoms. The Balaban J connectivity index is 1.63. The molecule has 0 unspecified atom stereocenters. The van der Waals surface area contributed by atoms with Crippen molar-refractivity contribution in [3.8, 4) is 0 Å². The Morgan fingerprint density at radius 3 is 2.37 bits per heavy atom. The molecule has 0 bridgehead atoms. The fourth-order valence-electron chi connectivity index (χ4n) is 3.51. The van der Waals surface area contributed by atoms with Gasteiger partial charge in [0.1, 0.15) is 0 Å². The van der Waals surface area contributed by atoms with E-state index in [0.717, 1.165) is 12.8 Å². The van der Waals surface area contributed by atoms with Crippen LogP contribution in [0, 0.1) is 5.92 Å². The Kier molecular flexibility index (Phi) is 7.29.